The van der Waals surface area contributed by atoms with Gasteiger partial charge in [-0.1, -0.05) is 5.16 Å². The van der Waals surface area contributed by atoms with Crippen molar-refractivity contribution in [2.75, 3.05) is 0 Å². The Morgan fingerprint density at radius 3 is 2.74 bits per heavy atom. The number of ether oxygens (including phenoxy) is 1. The second kappa shape index (κ2) is 6.87. The molecule has 0 amide bonds. The molecule has 0 atom stereocenters. The van der Waals surface area contributed by atoms with Gasteiger partial charge in [0, 0.05) is 12.1 Å². The zero-order chi connectivity index (χ0) is 17.0. The first kappa shape index (κ1) is 16.4. The number of pyridine rings is 1. The Morgan fingerprint density at radius 1 is 1.39 bits per heavy atom. The molecule has 0 aliphatic rings. The summed E-state index contributed by atoms with van der Waals surface area (Å²) in [5.41, 5.74) is 1.66. The van der Waals surface area contributed by atoms with Gasteiger partial charge in [0.1, 0.15) is 11.6 Å². The monoisotopic (exact) mass is 316 g/mol. The van der Waals surface area contributed by atoms with E-state index in [1.165, 1.54) is 0 Å². The van der Waals surface area contributed by atoms with Crippen molar-refractivity contribution in [2.45, 2.75) is 40.2 Å². The minimum atomic E-state index is -0.427. The number of rotatable bonds is 5. The summed E-state index contributed by atoms with van der Waals surface area (Å²) < 4.78 is 9.90. The molecule has 2 heterocycles. The van der Waals surface area contributed by atoms with Crippen LogP contribution in [0.4, 0.5) is 0 Å². The summed E-state index contributed by atoms with van der Waals surface area (Å²) in [6.07, 6.45) is 0.483. The summed E-state index contributed by atoms with van der Waals surface area (Å²) in [4.78, 5) is 30.0. The molecular weight excluding hydrogens is 300 g/mol. The lowest BCUT2D eigenvalue weighted by atomic mass is 9.99. The van der Waals surface area contributed by atoms with E-state index in [1.54, 1.807) is 20.8 Å². The Balaban J connectivity index is 1.99. The second-order valence-corrected chi connectivity index (χ2v) is 5.07. The fraction of sp³-hybridized carbons (Fsp3) is 0.400. The quantitative estimate of drug-likeness (QED) is 0.823. The minimum absolute atomic E-state index is 0.0697. The number of carbonyl (C=O) groups is 1. The van der Waals surface area contributed by atoms with Crippen LogP contribution < -0.4 is 5.56 Å². The number of nitrogens with one attached hydrogen (secondary N) is 1. The van der Waals surface area contributed by atoms with Crippen LogP contribution in [-0.2, 0) is 22.6 Å². The molecule has 2 aromatic heterocycles. The first-order chi connectivity index (χ1) is 10.9. The molecule has 0 aromatic carbocycles. The van der Waals surface area contributed by atoms with Crippen LogP contribution in [0, 0.1) is 32.1 Å². The minimum Gasteiger partial charge on any atom is -0.456 e. The normalized spacial score (nSPS) is 10.3. The smallest absolute Gasteiger partial charge is 0.306 e. The largest absolute Gasteiger partial charge is 0.456 e. The summed E-state index contributed by atoms with van der Waals surface area (Å²) in [6, 6.07) is 1.88. The van der Waals surface area contributed by atoms with E-state index >= 15 is 0 Å². The van der Waals surface area contributed by atoms with Crippen LogP contribution in [0.3, 0.4) is 0 Å². The third-order valence-electron chi connectivity index (χ3n) is 3.43. The van der Waals surface area contributed by atoms with Crippen molar-refractivity contribution in [1.82, 2.24) is 15.1 Å². The van der Waals surface area contributed by atoms with E-state index in [1.807, 2.05) is 6.07 Å². The van der Waals surface area contributed by atoms with Crippen LogP contribution in [0.1, 0.15) is 40.5 Å². The highest BCUT2D eigenvalue weighted by Gasteiger charge is 2.14. The van der Waals surface area contributed by atoms with Crippen molar-refractivity contribution in [1.29, 1.82) is 5.26 Å². The number of nitrogens with zero attached hydrogens (tertiary/aromatic N) is 3. The molecule has 0 spiro atoms. The number of carbonyl (C=O) groups excluding carboxylic acids is 1. The third-order valence-corrected chi connectivity index (χ3v) is 3.43. The fourth-order valence-corrected chi connectivity index (χ4v) is 2.26. The van der Waals surface area contributed by atoms with Gasteiger partial charge in [0.25, 0.3) is 11.4 Å². The molecule has 1 N–H and O–H groups in total. The van der Waals surface area contributed by atoms with E-state index in [4.69, 9.17) is 14.5 Å². The van der Waals surface area contributed by atoms with Crippen molar-refractivity contribution in [2.24, 2.45) is 0 Å². The highest BCUT2D eigenvalue weighted by molar-refractivity contribution is 5.69. The maximum absolute atomic E-state index is 11.8. The Labute approximate surface area is 132 Å². The summed E-state index contributed by atoms with van der Waals surface area (Å²) in [5, 5.41) is 12.6. The van der Waals surface area contributed by atoms with Gasteiger partial charge in [0.05, 0.1) is 0 Å². The summed E-state index contributed by atoms with van der Waals surface area (Å²) in [7, 11) is 0. The first-order valence-electron chi connectivity index (χ1n) is 6.99. The van der Waals surface area contributed by atoms with E-state index in [-0.39, 0.29) is 24.5 Å². The molecule has 2 rings (SSSR count). The van der Waals surface area contributed by atoms with Gasteiger partial charge < -0.3 is 14.2 Å². The number of hydrogen-bond donors (Lipinski definition) is 1. The number of esters is 1. The third kappa shape index (κ3) is 3.83. The van der Waals surface area contributed by atoms with Crippen LogP contribution in [-0.4, -0.2) is 21.1 Å². The number of aromatic nitrogens is 3. The van der Waals surface area contributed by atoms with Gasteiger partial charge in [0.2, 0.25) is 0 Å². The highest BCUT2D eigenvalue weighted by atomic mass is 16.6. The molecule has 0 bridgehead atoms. The molecule has 0 aliphatic heterocycles. The number of nitriles is 1. The molecular formula is C15H16N4O4. The second-order valence-electron chi connectivity index (χ2n) is 5.07. The number of aryl methyl sites for hydroxylation is 2. The average molecular weight is 316 g/mol. The SMILES string of the molecule is Cc1noc(COC(=O)CCc2c(C)[nH]c(=O)c(C#N)c2C)n1. The molecule has 2 aromatic rings. The molecule has 8 nitrogen and oxygen atoms in total. The summed E-state index contributed by atoms with van der Waals surface area (Å²) >= 11 is 0. The summed E-state index contributed by atoms with van der Waals surface area (Å²) in [6.45, 7) is 5.02. The molecule has 0 unspecified atom stereocenters. The van der Waals surface area contributed by atoms with E-state index in [0.29, 0.717) is 23.5 Å². The molecule has 0 fully saturated rings. The summed E-state index contributed by atoms with van der Waals surface area (Å²) in [5.74, 6) is 0.281. The number of hydrogen-bond acceptors (Lipinski definition) is 7. The predicted octanol–water partition coefficient (Wildman–Crippen LogP) is 1.23. The van der Waals surface area contributed by atoms with Crippen molar-refractivity contribution < 1.29 is 14.1 Å². The van der Waals surface area contributed by atoms with Crippen LogP contribution in [0.15, 0.2) is 9.32 Å². The average Bonchev–Trinajstić information content (AvgIpc) is 2.90. The lowest BCUT2D eigenvalue weighted by molar-refractivity contribution is -0.145. The van der Waals surface area contributed by atoms with E-state index in [9.17, 15) is 9.59 Å². The lowest BCUT2D eigenvalue weighted by Crippen LogP contribution is -2.17. The maximum atomic E-state index is 11.8. The zero-order valence-corrected chi connectivity index (χ0v) is 13.1. The zero-order valence-electron chi connectivity index (χ0n) is 13.1. The van der Waals surface area contributed by atoms with E-state index in [2.05, 4.69) is 15.1 Å². The van der Waals surface area contributed by atoms with E-state index in [0.717, 1.165) is 5.56 Å². The van der Waals surface area contributed by atoms with Crippen molar-refractivity contribution in [3.8, 4) is 6.07 Å². The van der Waals surface area contributed by atoms with Crippen molar-refractivity contribution in [3.63, 3.8) is 0 Å². The van der Waals surface area contributed by atoms with Crippen LogP contribution >= 0.6 is 0 Å². The van der Waals surface area contributed by atoms with Gasteiger partial charge in [-0.2, -0.15) is 10.2 Å². The van der Waals surface area contributed by atoms with Gasteiger partial charge in [-0.3, -0.25) is 9.59 Å². The van der Waals surface area contributed by atoms with Crippen molar-refractivity contribution >= 4 is 5.97 Å². The molecule has 0 saturated carbocycles. The van der Waals surface area contributed by atoms with E-state index < -0.39 is 11.5 Å². The Kier molecular flexibility index (Phi) is 4.91. The molecule has 0 aliphatic carbocycles. The van der Waals surface area contributed by atoms with Gasteiger partial charge in [-0.15, -0.1) is 0 Å². The molecule has 23 heavy (non-hydrogen) atoms. The number of H-pyrrole nitrogens is 1. The van der Waals surface area contributed by atoms with Crippen LogP contribution in [0.5, 0.6) is 0 Å². The lowest BCUT2D eigenvalue weighted by Gasteiger charge is -2.10. The topological polar surface area (TPSA) is 122 Å². The van der Waals surface area contributed by atoms with Gasteiger partial charge in [0.15, 0.2) is 12.4 Å². The Bertz CT molecular complexity index is 829. The van der Waals surface area contributed by atoms with Gasteiger partial charge in [-0.25, -0.2) is 0 Å². The molecule has 8 heteroatoms. The number of aromatic amines is 1. The van der Waals surface area contributed by atoms with Gasteiger partial charge >= 0.3 is 5.97 Å². The highest BCUT2D eigenvalue weighted by Crippen LogP contribution is 2.15. The van der Waals surface area contributed by atoms with Crippen molar-refractivity contribution in [3.05, 3.63) is 44.5 Å². The fourth-order valence-electron chi connectivity index (χ4n) is 2.26. The molecule has 0 radical (unpaired) electrons. The maximum Gasteiger partial charge on any atom is 0.306 e. The molecule has 0 saturated heterocycles. The Hall–Kier alpha value is -2.95. The van der Waals surface area contributed by atoms with Crippen LogP contribution in [0.2, 0.25) is 0 Å². The van der Waals surface area contributed by atoms with Crippen LogP contribution in [0.25, 0.3) is 0 Å². The predicted molar refractivity (Wildman–Crippen MR) is 78.4 cm³/mol. The Morgan fingerprint density at radius 2 is 2.13 bits per heavy atom. The van der Waals surface area contributed by atoms with Gasteiger partial charge in [-0.05, 0) is 38.3 Å². The first-order valence-corrected chi connectivity index (χ1v) is 6.99. The molecule has 120 valence electrons. The standard InChI is InChI=1S/C15H16N4O4/c1-8-11(9(2)17-15(21)12(8)6-16)4-5-14(20)22-7-13-18-10(3)19-23-13/h4-5,7H2,1-3H3,(H,17,21).